The van der Waals surface area contributed by atoms with Crippen molar-refractivity contribution in [1.29, 1.82) is 0 Å². The number of benzene rings is 1. The zero-order valence-electron chi connectivity index (χ0n) is 5.02. The molecule has 0 heterocycles. The fourth-order valence-electron chi connectivity index (χ4n) is 0.610. The molecule has 0 aliphatic heterocycles. The van der Waals surface area contributed by atoms with E-state index in [4.69, 9.17) is 0 Å². The summed E-state index contributed by atoms with van der Waals surface area (Å²) in [7, 11) is 0. The van der Waals surface area contributed by atoms with Crippen LogP contribution in [0.25, 0.3) is 0 Å². The van der Waals surface area contributed by atoms with Crippen molar-refractivity contribution in [2.24, 2.45) is 0 Å². The van der Waals surface area contributed by atoms with Crippen molar-refractivity contribution in [1.82, 2.24) is 0 Å². The van der Waals surface area contributed by atoms with Gasteiger partial charge in [0, 0.05) is 0 Å². The molecule has 0 nitrogen and oxygen atoms in total. The third kappa shape index (κ3) is 2.53. The molecule has 0 unspecified atom stereocenters. The standard InChI is InChI=1S/C8H9.Na.H/c1-7-5-3-4-6-8(7)2;;/h3-6H,1H2,2H3;;. The van der Waals surface area contributed by atoms with E-state index in [9.17, 15) is 0 Å². The molecule has 0 bridgehead atoms. The molecule has 0 aromatic heterocycles. The molecule has 0 aliphatic carbocycles. The van der Waals surface area contributed by atoms with Gasteiger partial charge in [0.25, 0.3) is 0 Å². The molecule has 9 heavy (non-hydrogen) atoms. The summed E-state index contributed by atoms with van der Waals surface area (Å²) in [6.07, 6.45) is 0. The average molecular weight is 129 g/mol. The Morgan fingerprint density at radius 1 is 1.22 bits per heavy atom. The predicted octanol–water partition coefficient (Wildman–Crippen LogP) is 1.53. The second kappa shape index (κ2) is 4.10. The van der Waals surface area contributed by atoms with Crippen LogP contribution in [-0.4, -0.2) is 29.6 Å². The van der Waals surface area contributed by atoms with Crippen LogP contribution in [0.4, 0.5) is 0 Å². The fourth-order valence-corrected chi connectivity index (χ4v) is 0.610. The van der Waals surface area contributed by atoms with Gasteiger partial charge in [-0.25, -0.2) is 0 Å². The maximum atomic E-state index is 3.82. The summed E-state index contributed by atoms with van der Waals surface area (Å²) < 4.78 is 0. The Morgan fingerprint density at radius 2 is 1.78 bits per heavy atom. The summed E-state index contributed by atoms with van der Waals surface area (Å²) in [4.78, 5) is 0. The maximum absolute atomic E-state index is 3.82. The van der Waals surface area contributed by atoms with Crippen LogP contribution in [0.15, 0.2) is 24.3 Å². The second-order valence-corrected chi connectivity index (χ2v) is 1.93. The molecule has 0 saturated carbocycles. The van der Waals surface area contributed by atoms with Gasteiger partial charge >= 0.3 is 29.6 Å². The first kappa shape index (κ1) is 9.22. The van der Waals surface area contributed by atoms with Gasteiger partial charge in [-0.1, -0.05) is 24.3 Å². The summed E-state index contributed by atoms with van der Waals surface area (Å²) in [6.45, 7) is 5.88. The molecule has 43 valence electrons. The topological polar surface area (TPSA) is 0 Å². The van der Waals surface area contributed by atoms with Crippen LogP contribution >= 0.6 is 0 Å². The quantitative estimate of drug-likeness (QED) is 0.466. The summed E-state index contributed by atoms with van der Waals surface area (Å²) >= 11 is 0. The molecule has 1 heteroatoms. The molecular weight excluding hydrogens is 119 g/mol. The Labute approximate surface area is 78.6 Å². The van der Waals surface area contributed by atoms with Gasteiger partial charge in [0.2, 0.25) is 0 Å². The third-order valence-corrected chi connectivity index (χ3v) is 1.26. The number of hydrogen-bond acceptors (Lipinski definition) is 0. The van der Waals surface area contributed by atoms with E-state index in [1.807, 2.05) is 18.2 Å². The molecule has 0 amide bonds. The van der Waals surface area contributed by atoms with Crippen LogP contribution in [0.5, 0.6) is 0 Å². The summed E-state index contributed by atoms with van der Waals surface area (Å²) in [5.41, 5.74) is 2.38. The van der Waals surface area contributed by atoms with E-state index in [0.29, 0.717) is 0 Å². The van der Waals surface area contributed by atoms with Crippen molar-refractivity contribution in [3.63, 3.8) is 0 Å². The number of hydrogen-bond donors (Lipinski definition) is 0. The zero-order valence-corrected chi connectivity index (χ0v) is 5.02. The van der Waals surface area contributed by atoms with Crippen molar-refractivity contribution in [3.8, 4) is 0 Å². The summed E-state index contributed by atoms with van der Waals surface area (Å²) in [6, 6.07) is 8.08. The summed E-state index contributed by atoms with van der Waals surface area (Å²) in [5, 5.41) is 0. The number of rotatable bonds is 0. The average Bonchev–Trinajstić information content (AvgIpc) is 1.77. The van der Waals surface area contributed by atoms with Gasteiger partial charge in [0.05, 0.1) is 0 Å². The van der Waals surface area contributed by atoms with Crippen LogP contribution in [0.2, 0.25) is 0 Å². The molecule has 1 aromatic carbocycles. The van der Waals surface area contributed by atoms with Crippen molar-refractivity contribution in [2.75, 3.05) is 0 Å². The van der Waals surface area contributed by atoms with Gasteiger partial charge in [-0.15, -0.1) is 0 Å². The molecular formula is C8H10Na. The van der Waals surface area contributed by atoms with Crippen LogP contribution in [0.1, 0.15) is 11.1 Å². The van der Waals surface area contributed by atoms with E-state index in [0.717, 1.165) is 5.56 Å². The van der Waals surface area contributed by atoms with Crippen LogP contribution in [0, 0.1) is 13.8 Å². The minimum absolute atomic E-state index is 0. The normalized spacial score (nSPS) is 8.22. The Hall–Kier alpha value is 0.220. The van der Waals surface area contributed by atoms with Crippen LogP contribution < -0.4 is 0 Å². The van der Waals surface area contributed by atoms with Crippen molar-refractivity contribution in [2.45, 2.75) is 6.92 Å². The number of aryl methyl sites for hydroxylation is 1. The molecule has 0 N–H and O–H groups in total. The van der Waals surface area contributed by atoms with E-state index in [1.165, 1.54) is 5.56 Å². The molecule has 0 fully saturated rings. The fraction of sp³-hybridized carbons (Fsp3) is 0.125. The molecule has 0 spiro atoms. The van der Waals surface area contributed by atoms with Gasteiger partial charge in [-0.05, 0) is 25.0 Å². The molecule has 0 atom stereocenters. The minimum atomic E-state index is 0. The second-order valence-electron chi connectivity index (χ2n) is 1.93. The monoisotopic (exact) mass is 129 g/mol. The van der Waals surface area contributed by atoms with E-state index < -0.39 is 0 Å². The first-order chi connectivity index (χ1) is 3.80. The summed E-state index contributed by atoms with van der Waals surface area (Å²) in [5.74, 6) is 0. The van der Waals surface area contributed by atoms with E-state index >= 15 is 0 Å². The van der Waals surface area contributed by atoms with Crippen LogP contribution in [-0.2, 0) is 0 Å². The van der Waals surface area contributed by atoms with E-state index in [2.05, 4.69) is 19.9 Å². The third-order valence-electron chi connectivity index (χ3n) is 1.26. The van der Waals surface area contributed by atoms with E-state index in [1.54, 1.807) is 0 Å². The van der Waals surface area contributed by atoms with Gasteiger partial charge < -0.3 is 0 Å². The SMILES string of the molecule is [CH2]c1ccccc1C.[NaH]. The van der Waals surface area contributed by atoms with Crippen LogP contribution in [0.3, 0.4) is 0 Å². The van der Waals surface area contributed by atoms with Gasteiger partial charge in [0.1, 0.15) is 0 Å². The predicted molar refractivity (Wildman–Crippen MR) is 42.8 cm³/mol. The molecule has 1 aromatic rings. The Balaban J connectivity index is 0.000000640. The Bertz CT molecular complexity index is 161. The molecule has 1 radical (unpaired) electrons. The van der Waals surface area contributed by atoms with Crippen molar-refractivity contribution >= 4 is 29.6 Å². The van der Waals surface area contributed by atoms with Crippen molar-refractivity contribution < 1.29 is 0 Å². The van der Waals surface area contributed by atoms with Crippen molar-refractivity contribution in [3.05, 3.63) is 42.3 Å². The van der Waals surface area contributed by atoms with E-state index in [-0.39, 0.29) is 29.6 Å². The molecule has 0 aliphatic rings. The van der Waals surface area contributed by atoms with Gasteiger partial charge in [-0.2, -0.15) is 0 Å². The zero-order chi connectivity index (χ0) is 5.98. The van der Waals surface area contributed by atoms with Gasteiger partial charge in [-0.3, -0.25) is 0 Å². The molecule has 0 saturated heterocycles. The molecule has 1 rings (SSSR count). The van der Waals surface area contributed by atoms with Gasteiger partial charge in [0.15, 0.2) is 0 Å². The first-order valence-electron chi connectivity index (χ1n) is 2.68. The Kier molecular flexibility index (Phi) is 4.20. The first-order valence-corrected chi connectivity index (χ1v) is 2.68. The Morgan fingerprint density at radius 3 is 2.11 bits per heavy atom.